The zero-order valence-corrected chi connectivity index (χ0v) is 11.1. The fourth-order valence-electron chi connectivity index (χ4n) is 1.62. The molecule has 0 aromatic carbocycles. The number of alkyl halides is 3. The largest absolute Gasteiger partial charge is 0.451 e. The topological polar surface area (TPSA) is 55.6 Å². The third-order valence-corrected chi connectivity index (χ3v) is 2.54. The van der Waals surface area contributed by atoms with Gasteiger partial charge in [0.05, 0.1) is 11.9 Å². The molecule has 0 fully saturated rings. The summed E-state index contributed by atoms with van der Waals surface area (Å²) >= 11 is 0. The van der Waals surface area contributed by atoms with E-state index in [4.69, 9.17) is 0 Å². The van der Waals surface area contributed by atoms with Crippen LogP contribution in [0, 0.1) is 0 Å². The Bertz CT molecular complexity index is 591. The molecule has 2 heterocycles. The van der Waals surface area contributed by atoms with Crippen LogP contribution in [0.5, 0.6) is 0 Å². The van der Waals surface area contributed by atoms with Gasteiger partial charge in [0.15, 0.2) is 0 Å². The summed E-state index contributed by atoms with van der Waals surface area (Å²) in [7, 11) is 1.69. The lowest BCUT2D eigenvalue weighted by atomic mass is 10.2. The lowest BCUT2D eigenvalue weighted by Crippen LogP contribution is -2.14. The van der Waals surface area contributed by atoms with Gasteiger partial charge in [-0.3, -0.25) is 4.68 Å². The number of rotatable bonds is 4. The van der Waals surface area contributed by atoms with Gasteiger partial charge in [-0.25, -0.2) is 9.97 Å². The number of halogens is 3. The van der Waals surface area contributed by atoms with Crippen molar-refractivity contribution >= 4 is 5.82 Å². The third kappa shape index (κ3) is 3.25. The second-order valence-corrected chi connectivity index (χ2v) is 4.29. The van der Waals surface area contributed by atoms with Crippen molar-refractivity contribution in [2.45, 2.75) is 19.5 Å². The Morgan fingerprint density at radius 1 is 1.30 bits per heavy atom. The van der Waals surface area contributed by atoms with Crippen LogP contribution in [0.3, 0.4) is 0 Å². The van der Waals surface area contributed by atoms with Crippen molar-refractivity contribution in [3.8, 4) is 11.3 Å². The van der Waals surface area contributed by atoms with Crippen LogP contribution in [0.25, 0.3) is 11.3 Å². The number of aromatic nitrogens is 4. The minimum Gasteiger partial charge on any atom is -0.370 e. The van der Waals surface area contributed by atoms with Crippen LogP contribution in [0.4, 0.5) is 19.0 Å². The second kappa shape index (κ2) is 5.48. The lowest BCUT2D eigenvalue weighted by molar-refractivity contribution is -0.144. The first-order valence-electron chi connectivity index (χ1n) is 6.09. The molecule has 20 heavy (non-hydrogen) atoms. The minimum absolute atomic E-state index is 0.160. The van der Waals surface area contributed by atoms with Gasteiger partial charge in [0.2, 0.25) is 5.82 Å². The van der Waals surface area contributed by atoms with E-state index < -0.39 is 12.0 Å². The van der Waals surface area contributed by atoms with Crippen molar-refractivity contribution in [2.24, 2.45) is 7.05 Å². The Morgan fingerprint density at radius 3 is 2.60 bits per heavy atom. The number of hydrogen-bond donors (Lipinski definition) is 1. The predicted molar refractivity (Wildman–Crippen MR) is 68.0 cm³/mol. The first-order valence-corrected chi connectivity index (χ1v) is 6.09. The van der Waals surface area contributed by atoms with Gasteiger partial charge in [-0.1, -0.05) is 6.92 Å². The molecule has 0 amide bonds. The molecule has 0 aliphatic carbocycles. The van der Waals surface area contributed by atoms with Crippen LogP contribution in [-0.2, 0) is 13.2 Å². The molecule has 0 aliphatic heterocycles. The molecule has 0 saturated carbocycles. The molecule has 2 rings (SSSR count). The summed E-state index contributed by atoms with van der Waals surface area (Å²) in [6.07, 6.45) is -0.730. The molecule has 0 saturated heterocycles. The van der Waals surface area contributed by atoms with E-state index in [2.05, 4.69) is 20.4 Å². The van der Waals surface area contributed by atoms with Crippen LogP contribution in [-0.4, -0.2) is 26.3 Å². The highest BCUT2D eigenvalue weighted by Gasteiger charge is 2.35. The maximum Gasteiger partial charge on any atom is 0.451 e. The zero-order chi connectivity index (χ0) is 14.8. The molecule has 0 atom stereocenters. The fourth-order valence-corrected chi connectivity index (χ4v) is 1.62. The molecule has 2 aromatic heterocycles. The predicted octanol–water partition coefficient (Wildman–Crippen LogP) is 2.72. The Labute approximate surface area is 113 Å². The van der Waals surface area contributed by atoms with Gasteiger partial charge in [-0.15, -0.1) is 0 Å². The van der Waals surface area contributed by atoms with Gasteiger partial charge in [0, 0.05) is 31.4 Å². The Balaban J connectivity index is 2.45. The average molecular weight is 285 g/mol. The maximum atomic E-state index is 12.8. The summed E-state index contributed by atoms with van der Waals surface area (Å²) in [5.41, 5.74) is 0.707. The van der Waals surface area contributed by atoms with Gasteiger partial charge in [0.1, 0.15) is 5.82 Å². The molecule has 0 unspecified atom stereocenters. The first kappa shape index (κ1) is 14.3. The maximum absolute atomic E-state index is 12.8. The Kier molecular flexibility index (Phi) is 3.91. The Hall–Kier alpha value is -2.12. The van der Waals surface area contributed by atoms with E-state index >= 15 is 0 Å². The molecule has 108 valence electrons. The quantitative estimate of drug-likeness (QED) is 0.938. The SMILES string of the molecule is CCCNc1cc(-c2cnn(C)c2)nc(C(F)(F)F)n1. The highest BCUT2D eigenvalue weighted by Crippen LogP contribution is 2.29. The van der Waals surface area contributed by atoms with Crippen LogP contribution in [0.1, 0.15) is 19.2 Å². The number of hydrogen-bond acceptors (Lipinski definition) is 4. The second-order valence-electron chi connectivity index (χ2n) is 4.29. The average Bonchev–Trinajstić information content (AvgIpc) is 2.82. The molecule has 0 aliphatic rings. The van der Waals surface area contributed by atoms with Gasteiger partial charge in [-0.2, -0.15) is 18.3 Å². The van der Waals surface area contributed by atoms with Gasteiger partial charge in [-0.05, 0) is 6.42 Å². The van der Waals surface area contributed by atoms with Crippen LogP contribution in [0.2, 0.25) is 0 Å². The summed E-state index contributed by atoms with van der Waals surface area (Å²) in [6.45, 7) is 2.46. The van der Waals surface area contributed by atoms with Crippen LogP contribution < -0.4 is 5.32 Å². The molecular formula is C12H14F3N5. The van der Waals surface area contributed by atoms with Crippen molar-refractivity contribution in [3.63, 3.8) is 0 Å². The highest BCUT2D eigenvalue weighted by molar-refractivity contribution is 5.61. The third-order valence-electron chi connectivity index (χ3n) is 2.54. The van der Waals surface area contributed by atoms with E-state index in [1.165, 1.54) is 16.9 Å². The summed E-state index contributed by atoms with van der Waals surface area (Å²) in [5, 5.41) is 6.78. The van der Waals surface area contributed by atoms with E-state index in [1.54, 1.807) is 13.2 Å². The lowest BCUT2D eigenvalue weighted by Gasteiger charge is -2.10. The molecule has 2 aromatic rings. The van der Waals surface area contributed by atoms with E-state index in [9.17, 15) is 13.2 Å². The van der Waals surface area contributed by atoms with Gasteiger partial charge >= 0.3 is 6.18 Å². The fraction of sp³-hybridized carbons (Fsp3) is 0.417. The molecular weight excluding hydrogens is 271 g/mol. The normalized spacial score (nSPS) is 11.7. The summed E-state index contributed by atoms with van der Waals surface area (Å²) < 4.78 is 40.0. The minimum atomic E-state index is -4.58. The van der Waals surface area contributed by atoms with Gasteiger partial charge in [0.25, 0.3) is 0 Å². The van der Waals surface area contributed by atoms with Crippen molar-refractivity contribution in [3.05, 3.63) is 24.3 Å². The summed E-state index contributed by atoms with van der Waals surface area (Å²) in [4.78, 5) is 7.07. The summed E-state index contributed by atoms with van der Waals surface area (Å²) in [5.74, 6) is -0.995. The number of nitrogens with one attached hydrogen (secondary N) is 1. The molecule has 0 spiro atoms. The monoisotopic (exact) mass is 285 g/mol. The molecule has 5 nitrogen and oxygen atoms in total. The number of nitrogens with zero attached hydrogens (tertiary/aromatic N) is 4. The van der Waals surface area contributed by atoms with E-state index in [0.717, 1.165) is 6.42 Å². The smallest absolute Gasteiger partial charge is 0.370 e. The molecule has 0 bridgehead atoms. The standard InChI is InChI=1S/C12H14F3N5/c1-3-4-16-10-5-9(8-6-17-20(2)7-8)18-11(19-10)12(13,14)15/h5-7H,3-4H2,1-2H3,(H,16,18,19). The van der Waals surface area contributed by atoms with Crippen molar-refractivity contribution in [1.29, 1.82) is 0 Å². The van der Waals surface area contributed by atoms with E-state index in [1.807, 2.05) is 6.92 Å². The molecule has 1 N–H and O–H groups in total. The zero-order valence-electron chi connectivity index (χ0n) is 11.1. The van der Waals surface area contributed by atoms with Crippen LogP contribution in [0.15, 0.2) is 18.5 Å². The molecule has 0 radical (unpaired) electrons. The first-order chi connectivity index (χ1) is 9.40. The number of aryl methyl sites for hydroxylation is 1. The summed E-state index contributed by atoms with van der Waals surface area (Å²) in [6, 6.07) is 1.49. The van der Waals surface area contributed by atoms with Crippen molar-refractivity contribution in [1.82, 2.24) is 19.7 Å². The van der Waals surface area contributed by atoms with Gasteiger partial charge < -0.3 is 5.32 Å². The number of anilines is 1. The van der Waals surface area contributed by atoms with E-state index in [0.29, 0.717) is 12.1 Å². The Morgan fingerprint density at radius 2 is 2.05 bits per heavy atom. The van der Waals surface area contributed by atoms with E-state index in [-0.39, 0.29) is 11.5 Å². The molecule has 8 heteroatoms. The van der Waals surface area contributed by atoms with Crippen molar-refractivity contribution < 1.29 is 13.2 Å². The van der Waals surface area contributed by atoms with Crippen LogP contribution >= 0.6 is 0 Å². The van der Waals surface area contributed by atoms with Crippen molar-refractivity contribution in [2.75, 3.05) is 11.9 Å². The highest BCUT2D eigenvalue weighted by atomic mass is 19.4.